The summed E-state index contributed by atoms with van der Waals surface area (Å²) in [5.74, 6) is -1.82. The number of carbonyl (C=O) groups is 3. The van der Waals surface area contributed by atoms with E-state index < -0.39 is 17.9 Å². The molecule has 0 unspecified atom stereocenters. The molecule has 0 aliphatic heterocycles. The number of esters is 1. The molecule has 0 fully saturated rings. The third kappa shape index (κ3) is 5.47. The van der Waals surface area contributed by atoms with E-state index >= 15 is 0 Å². The van der Waals surface area contributed by atoms with Crippen molar-refractivity contribution in [2.45, 2.75) is 40.2 Å². The molecule has 2 atom stereocenters. The van der Waals surface area contributed by atoms with E-state index in [0.29, 0.717) is 6.42 Å². The van der Waals surface area contributed by atoms with E-state index in [1.165, 1.54) is 21.0 Å². The van der Waals surface area contributed by atoms with Crippen molar-refractivity contribution in [2.24, 2.45) is 11.8 Å². The van der Waals surface area contributed by atoms with Gasteiger partial charge in [0.05, 0.1) is 7.11 Å². The Labute approximate surface area is 102 Å². The highest BCUT2D eigenvalue weighted by Crippen LogP contribution is 2.16. The van der Waals surface area contributed by atoms with Crippen LogP contribution in [0, 0.1) is 11.8 Å². The van der Waals surface area contributed by atoms with Crippen LogP contribution >= 0.6 is 0 Å². The highest BCUT2D eigenvalue weighted by molar-refractivity contribution is 5.99. The number of carbonyl (C=O) groups excluding carboxylic acids is 3. The monoisotopic (exact) mass is 243 g/mol. The SMILES string of the molecule is COC(=O)[C@H](C(C)=O)[C@H](CC(C)C)NC(C)=O. The zero-order valence-corrected chi connectivity index (χ0v) is 11.1. The number of Topliss-reactive ketones (excluding diaryl/α,β-unsaturated/α-hetero) is 1. The summed E-state index contributed by atoms with van der Waals surface area (Å²) < 4.78 is 4.61. The molecule has 0 aliphatic rings. The van der Waals surface area contributed by atoms with E-state index in [-0.39, 0.29) is 17.6 Å². The molecule has 0 aliphatic carbocycles. The molecule has 0 aromatic heterocycles. The quantitative estimate of drug-likeness (QED) is 0.556. The van der Waals surface area contributed by atoms with E-state index in [1.54, 1.807) is 0 Å². The summed E-state index contributed by atoms with van der Waals surface area (Å²) in [4.78, 5) is 34.2. The molecule has 5 heteroatoms. The first-order chi connectivity index (χ1) is 7.79. The predicted molar refractivity (Wildman–Crippen MR) is 63.2 cm³/mol. The van der Waals surface area contributed by atoms with Crippen LogP contribution in [-0.2, 0) is 19.1 Å². The summed E-state index contributed by atoms with van der Waals surface area (Å²) in [5.41, 5.74) is 0. The summed E-state index contributed by atoms with van der Waals surface area (Å²) in [6.45, 7) is 6.62. The average Bonchev–Trinajstić information content (AvgIpc) is 2.14. The minimum atomic E-state index is -0.925. The van der Waals surface area contributed by atoms with Gasteiger partial charge < -0.3 is 10.1 Å². The summed E-state index contributed by atoms with van der Waals surface area (Å²) >= 11 is 0. The molecule has 0 aromatic rings. The fourth-order valence-corrected chi connectivity index (χ4v) is 1.79. The Morgan fingerprint density at radius 3 is 2.00 bits per heavy atom. The number of amides is 1. The highest BCUT2D eigenvalue weighted by Gasteiger charge is 2.34. The van der Waals surface area contributed by atoms with Crippen LogP contribution in [0.4, 0.5) is 0 Å². The van der Waals surface area contributed by atoms with Crippen molar-refractivity contribution >= 4 is 17.7 Å². The molecule has 0 saturated heterocycles. The molecule has 1 N–H and O–H groups in total. The lowest BCUT2D eigenvalue weighted by Crippen LogP contribution is -2.46. The van der Waals surface area contributed by atoms with Gasteiger partial charge in [0, 0.05) is 13.0 Å². The van der Waals surface area contributed by atoms with E-state index in [2.05, 4.69) is 10.1 Å². The number of ketones is 1. The number of rotatable bonds is 6. The number of ether oxygens (including phenoxy) is 1. The van der Waals surface area contributed by atoms with Gasteiger partial charge in [0.2, 0.25) is 5.91 Å². The van der Waals surface area contributed by atoms with Crippen LogP contribution in [0.3, 0.4) is 0 Å². The van der Waals surface area contributed by atoms with Gasteiger partial charge in [-0.05, 0) is 19.3 Å². The van der Waals surface area contributed by atoms with Gasteiger partial charge in [-0.2, -0.15) is 0 Å². The number of nitrogens with one attached hydrogen (secondary N) is 1. The molecular weight excluding hydrogens is 222 g/mol. The lowest BCUT2D eigenvalue weighted by atomic mass is 9.89. The number of methoxy groups -OCH3 is 1. The van der Waals surface area contributed by atoms with Crippen LogP contribution in [0.2, 0.25) is 0 Å². The minimum absolute atomic E-state index is 0.259. The summed E-state index contributed by atoms with van der Waals surface area (Å²) in [7, 11) is 1.23. The first kappa shape index (κ1) is 15.6. The van der Waals surface area contributed by atoms with E-state index in [1.807, 2.05) is 13.8 Å². The lowest BCUT2D eigenvalue weighted by molar-refractivity contribution is -0.150. The molecule has 1 amide bonds. The summed E-state index contributed by atoms with van der Waals surface area (Å²) in [5, 5.41) is 2.65. The van der Waals surface area contributed by atoms with Gasteiger partial charge in [-0.1, -0.05) is 13.8 Å². The summed E-state index contributed by atoms with van der Waals surface area (Å²) in [6.07, 6.45) is 0.554. The molecule has 0 heterocycles. The molecule has 17 heavy (non-hydrogen) atoms. The fourth-order valence-electron chi connectivity index (χ4n) is 1.79. The molecule has 0 saturated carbocycles. The average molecular weight is 243 g/mol. The van der Waals surface area contributed by atoms with Gasteiger partial charge in [0.25, 0.3) is 0 Å². The third-order valence-corrected chi connectivity index (χ3v) is 2.41. The molecule has 0 aromatic carbocycles. The zero-order valence-electron chi connectivity index (χ0n) is 11.1. The van der Waals surface area contributed by atoms with Crippen LogP contribution in [0.25, 0.3) is 0 Å². The Kier molecular flexibility index (Phi) is 6.46. The molecule has 98 valence electrons. The first-order valence-electron chi connectivity index (χ1n) is 5.65. The highest BCUT2D eigenvalue weighted by atomic mass is 16.5. The summed E-state index contributed by atoms with van der Waals surface area (Å²) in [6, 6.07) is -0.502. The Hall–Kier alpha value is -1.39. The second-order valence-electron chi connectivity index (χ2n) is 4.55. The van der Waals surface area contributed by atoms with Crippen LogP contribution in [0.1, 0.15) is 34.1 Å². The third-order valence-electron chi connectivity index (χ3n) is 2.41. The normalized spacial score (nSPS) is 14.0. The minimum Gasteiger partial charge on any atom is -0.468 e. The Balaban J connectivity index is 4.98. The molecule has 0 radical (unpaired) electrons. The van der Waals surface area contributed by atoms with Crippen molar-refractivity contribution in [3.05, 3.63) is 0 Å². The lowest BCUT2D eigenvalue weighted by Gasteiger charge is -2.25. The van der Waals surface area contributed by atoms with Gasteiger partial charge >= 0.3 is 5.97 Å². The van der Waals surface area contributed by atoms with Gasteiger partial charge in [-0.15, -0.1) is 0 Å². The van der Waals surface area contributed by atoms with Gasteiger partial charge in [-0.25, -0.2) is 0 Å². The van der Waals surface area contributed by atoms with Crippen molar-refractivity contribution in [3.8, 4) is 0 Å². The van der Waals surface area contributed by atoms with Gasteiger partial charge in [0.15, 0.2) is 0 Å². The maximum Gasteiger partial charge on any atom is 0.318 e. The second-order valence-corrected chi connectivity index (χ2v) is 4.55. The van der Waals surface area contributed by atoms with Crippen molar-refractivity contribution < 1.29 is 19.1 Å². The van der Waals surface area contributed by atoms with E-state index in [0.717, 1.165) is 0 Å². The standard InChI is InChI=1S/C12H21NO4/c1-7(2)6-10(13-9(4)15)11(8(3)14)12(16)17-5/h7,10-11H,6H2,1-5H3,(H,13,15)/t10-,11+/m0/s1. The Morgan fingerprint density at radius 1 is 1.18 bits per heavy atom. The fraction of sp³-hybridized carbons (Fsp3) is 0.750. The first-order valence-corrected chi connectivity index (χ1v) is 5.65. The maximum absolute atomic E-state index is 11.6. The van der Waals surface area contributed by atoms with Crippen LogP contribution in [-0.4, -0.2) is 30.8 Å². The van der Waals surface area contributed by atoms with Crippen molar-refractivity contribution in [1.29, 1.82) is 0 Å². The van der Waals surface area contributed by atoms with Crippen LogP contribution < -0.4 is 5.32 Å². The van der Waals surface area contributed by atoms with Crippen molar-refractivity contribution in [2.75, 3.05) is 7.11 Å². The number of hydrogen-bond donors (Lipinski definition) is 1. The smallest absolute Gasteiger partial charge is 0.318 e. The Morgan fingerprint density at radius 2 is 1.71 bits per heavy atom. The maximum atomic E-state index is 11.6. The number of hydrogen-bond acceptors (Lipinski definition) is 4. The molecular formula is C12H21NO4. The zero-order chi connectivity index (χ0) is 13.6. The van der Waals surface area contributed by atoms with Crippen LogP contribution in [0.15, 0.2) is 0 Å². The van der Waals surface area contributed by atoms with Gasteiger partial charge in [0.1, 0.15) is 11.7 Å². The molecule has 0 bridgehead atoms. The largest absolute Gasteiger partial charge is 0.468 e. The van der Waals surface area contributed by atoms with Crippen molar-refractivity contribution in [3.63, 3.8) is 0 Å². The van der Waals surface area contributed by atoms with E-state index in [9.17, 15) is 14.4 Å². The molecule has 0 rings (SSSR count). The predicted octanol–water partition coefficient (Wildman–Crippen LogP) is 0.915. The molecule has 5 nitrogen and oxygen atoms in total. The van der Waals surface area contributed by atoms with E-state index in [4.69, 9.17) is 0 Å². The van der Waals surface area contributed by atoms with Crippen molar-refractivity contribution in [1.82, 2.24) is 5.32 Å². The second kappa shape index (κ2) is 7.04. The van der Waals surface area contributed by atoms with Gasteiger partial charge in [-0.3, -0.25) is 14.4 Å². The Bertz CT molecular complexity index is 299. The van der Waals surface area contributed by atoms with Crippen LogP contribution in [0.5, 0.6) is 0 Å². The topological polar surface area (TPSA) is 72.5 Å². The molecule has 0 spiro atoms.